The highest BCUT2D eigenvalue weighted by molar-refractivity contribution is 5.92. The van der Waals surface area contributed by atoms with E-state index in [0.29, 0.717) is 0 Å². The van der Waals surface area contributed by atoms with Crippen molar-refractivity contribution in [3.8, 4) is 0 Å². The van der Waals surface area contributed by atoms with Gasteiger partial charge in [0, 0.05) is 7.11 Å². The van der Waals surface area contributed by atoms with Crippen molar-refractivity contribution in [3.63, 3.8) is 0 Å². The first-order chi connectivity index (χ1) is 10.6. The molecule has 1 aliphatic carbocycles. The molecule has 6 nitrogen and oxygen atoms in total. The highest BCUT2D eigenvalue weighted by Crippen LogP contribution is 2.40. The van der Waals surface area contributed by atoms with Gasteiger partial charge in [0.2, 0.25) is 0 Å². The molecule has 0 atom stereocenters. The Hall–Kier alpha value is -2.34. The van der Waals surface area contributed by atoms with Gasteiger partial charge < -0.3 is 14.2 Å². The molecule has 0 saturated heterocycles. The van der Waals surface area contributed by atoms with Gasteiger partial charge >= 0.3 is 12.1 Å². The summed E-state index contributed by atoms with van der Waals surface area (Å²) in [6, 6.07) is 9.27. The van der Waals surface area contributed by atoms with Gasteiger partial charge in [0.15, 0.2) is 0 Å². The zero-order chi connectivity index (χ0) is 16.0. The second kappa shape index (κ2) is 7.09. The molecule has 0 bridgehead atoms. The van der Waals surface area contributed by atoms with Crippen LogP contribution in [0.25, 0.3) is 0 Å². The van der Waals surface area contributed by atoms with Gasteiger partial charge in [0.1, 0.15) is 12.3 Å². The van der Waals surface area contributed by atoms with Crippen LogP contribution in [0.15, 0.2) is 42.1 Å². The van der Waals surface area contributed by atoms with E-state index < -0.39 is 17.7 Å². The average molecular weight is 305 g/mol. The van der Waals surface area contributed by atoms with Crippen molar-refractivity contribution < 1.29 is 23.8 Å². The molecule has 1 aliphatic rings. The molecule has 118 valence electrons. The number of carbonyl (C=O) groups is 2. The van der Waals surface area contributed by atoms with Gasteiger partial charge in [-0.15, -0.1) is 0 Å². The molecule has 0 unspecified atom stereocenters. The van der Waals surface area contributed by atoms with Crippen LogP contribution >= 0.6 is 0 Å². The minimum Gasteiger partial charge on any atom is -0.464 e. The Balaban J connectivity index is 1.95. The number of benzene rings is 1. The van der Waals surface area contributed by atoms with Gasteiger partial charge in [0.25, 0.3) is 0 Å². The van der Waals surface area contributed by atoms with Gasteiger partial charge in [-0.1, -0.05) is 30.3 Å². The molecule has 0 aliphatic heterocycles. The molecule has 0 spiro atoms. The molecule has 0 heterocycles. The van der Waals surface area contributed by atoms with E-state index in [0.717, 1.165) is 18.4 Å². The predicted molar refractivity (Wildman–Crippen MR) is 78.8 cm³/mol. The fourth-order valence-corrected chi connectivity index (χ4v) is 1.92. The molecule has 1 aromatic rings. The molecule has 1 N–H and O–H groups in total. The Morgan fingerprint density at radius 3 is 2.45 bits per heavy atom. The van der Waals surface area contributed by atoms with Crippen LogP contribution in [0.4, 0.5) is 4.79 Å². The smallest absolute Gasteiger partial charge is 0.412 e. The van der Waals surface area contributed by atoms with Crippen molar-refractivity contribution in [2.75, 3.05) is 14.2 Å². The van der Waals surface area contributed by atoms with E-state index in [1.807, 2.05) is 30.3 Å². The van der Waals surface area contributed by atoms with E-state index in [-0.39, 0.29) is 12.3 Å². The molecule has 1 saturated carbocycles. The SMILES string of the molecule is COC(=O)/C(=C/C1(OC)CC1)NC(=O)OCc1ccccc1. The number of hydrogen-bond acceptors (Lipinski definition) is 5. The first kappa shape index (κ1) is 16.0. The van der Waals surface area contributed by atoms with Crippen LogP contribution in [0.2, 0.25) is 0 Å². The largest absolute Gasteiger partial charge is 0.464 e. The van der Waals surface area contributed by atoms with Crippen molar-refractivity contribution in [2.24, 2.45) is 0 Å². The fourth-order valence-electron chi connectivity index (χ4n) is 1.92. The van der Waals surface area contributed by atoms with E-state index in [9.17, 15) is 9.59 Å². The van der Waals surface area contributed by atoms with Crippen LogP contribution in [0.3, 0.4) is 0 Å². The minimum atomic E-state index is -0.715. The van der Waals surface area contributed by atoms with Gasteiger partial charge in [-0.05, 0) is 24.5 Å². The zero-order valence-electron chi connectivity index (χ0n) is 12.6. The summed E-state index contributed by atoms with van der Waals surface area (Å²) in [6.07, 6.45) is 2.45. The summed E-state index contributed by atoms with van der Waals surface area (Å²) >= 11 is 0. The zero-order valence-corrected chi connectivity index (χ0v) is 12.6. The third-order valence-corrected chi connectivity index (χ3v) is 3.41. The van der Waals surface area contributed by atoms with Crippen molar-refractivity contribution in [1.82, 2.24) is 5.32 Å². The van der Waals surface area contributed by atoms with Crippen LogP contribution in [0, 0.1) is 0 Å². The van der Waals surface area contributed by atoms with Gasteiger partial charge in [0.05, 0.1) is 12.7 Å². The van der Waals surface area contributed by atoms with Gasteiger partial charge in [-0.3, -0.25) is 5.32 Å². The summed E-state index contributed by atoms with van der Waals surface area (Å²) in [5, 5.41) is 2.41. The van der Waals surface area contributed by atoms with E-state index in [1.54, 1.807) is 13.2 Å². The Bertz CT molecular complexity index is 563. The number of rotatable bonds is 6. The van der Waals surface area contributed by atoms with E-state index >= 15 is 0 Å². The second-order valence-electron chi connectivity index (χ2n) is 5.01. The van der Waals surface area contributed by atoms with Gasteiger partial charge in [-0.25, -0.2) is 9.59 Å². The van der Waals surface area contributed by atoms with E-state index in [2.05, 4.69) is 10.1 Å². The number of ether oxygens (including phenoxy) is 3. The summed E-state index contributed by atoms with van der Waals surface area (Å²) in [7, 11) is 2.81. The van der Waals surface area contributed by atoms with Crippen molar-refractivity contribution in [2.45, 2.75) is 25.0 Å². The fraction of sp³-hybridized carbons (Fsp3) is 0.375. The number of alkyl carbamates (subject to hydrolysis) is 1. The lowest BCUT2D eigenvalue weighted by Gasteiger charge is -2.13. The number of hydrogen-bond donors (Lipinski definition) is 1. The molecule has 0 aromatic heterocycles. The summed E-state index contributed by atoms with van der Waals surface area (Å²) in [4.78, 5) is 23.5. The lowest BCUT2D eigenvalue weighted by molar-refractivity contribution is -0.136. The number of methoxy groups -OCH3 is 2. The first-order valence-corrected chi connectivity index (χ1v) is 6.92. The Labute approximate surface area is 129 Å². The molecule has 0 radical (unpaired) electrons. The lowest BCUT2D eigenvalue weighted by atomic mass is 10.2. The lowest BCUT2D eigenvalue weighted by Crippen LogP contribution is -2.30. The molecule has 22 heavy (non-hydrogen) atoms. The Kier molecular flexibility index (Phi) is 5.16. The van der Waals surface area contributed by atoms with Crippen LogP contribution in [-0.2, 0) is 25.6 Å². The van der Waals surface area contributed by atoms with Crippen molar-refractivity contribution >= 4 is 12.1 Å². The summed E-state index contributed by atoms with van der Waals surface area (Å²) < 4.78 is 15.1. The number of carbonyl (C=O) groups excluding carboxylic acids is 2. The molecule has 2 rings (SSSR count). The Morgan fingerprint density at radius 2 is 1.91 bits per heavy atom. The van der Waals surface area contributed by atoms with Crippen LogP contribution in [-0.4, -0.2) is 31.9 Å². The quantitative estimate of drug-likeness (QED) is 0.644. The standard InChI is InChI=1S/C16H19NO5/c1-20-14(18)13(10-16(21-2)8-9-16)17-15(19)22-11-12-6-4-3-5-7-12/h3-7,10H,8-9,11H2,1-2H3,(H,17,19)/b13-10-. The third-order valence-electron chi connectivity index (χ3n) is 3.41. The third kappa shape index (κ3) is 4.33. The summed E-state index contributed by atoms with van der Waals surface area (Å²) in [5.41, 5.74) is 0.396. The maximum atomic E-state index is 11.8. The molecule has 1 amide bonds. The monoisotopic (exact) mass is 305 g/mol. The maximum Gasteiger partial charge on any atom is 0.412 e. The molecule has 1 fully saturated rings. The molecule has 6 heteroatoms. The number of amides is 1. The first-order valence-electron chi connectivity index (χ1n) is 6.92. The minimum absolute atomic E-state index is 0.0277. The Morgan fingerprint density at radius 1 is 1.23 bits per heavy atom. The van der Waals surface area contributed by atoms with Crippen molar-refractivity contribution in [3.05, 3.63) is 47.7 Å². The molecular formula is C16H19NO5. The van der Waals surface area contributed by atoms with Crippen LogP contribution < -0.4 is 5.32 Å². The average Bonchev–Trinajstić information content (AvgIpc) is 3.33. The predicted octanol–water partition coefficient (Wildman–Crippen LogP) is 2.15. The summed E-state index contributed by atoms with van der Waals surface area (Å²) in [5.74, 6) is -0.639. The maximum absolute atomic E-state index is 11.8. The molecule has 1 aromatic carbocycles. The normalized spacial score (nSPS) is 15.8. The highest BCUT2D eigenvalue weighted by Gasteiger charge is 2.42. The van der Waals surface area contributed by atoms with E-state index in [1.165, 1.54) is 7.11 Å². The van der Waals surface area contributed by atoms with Crippen LogP contribution in [0.5, 0.6) is 0 Å². The summed E-state index contributed by atoms with van der Waals surface area (Å²) in [6.45, 7) is 0.122. The van der Waals surface area contributed by atoms with Gasteiger partial charge in [-0.2, -0.15) is 0 Å². The number of nitrogens with one attached hydrogen (secondary N) is 1. The number of esters is 1. The topological polar surface area (TPSA) is 73.9 Å². The highest BCUT2D eigenvalue weighted by atomic mass is 16.6. The van der Waals surface area contributed by atoms with Crippen molar-refractivity contribution in [1.29, 1.82) is 0 Å². The molecular weight excluding hydrogens is 286 g/mol. The second-order valence-corrected chi connectivity index (χ2v) is 5.01. The van der Waals surface area contributed by atoms with E-state index in [4.69, 9.17) is 9.47 Å². The van der Waals surface area contributed by atoms with Crippen LogP contribution in [0.1, 0.15) is 18.4 Å².